The molecule has 3 aromatic heterocycles. The molecule has 126 valence electrons. The fourth-order valence-corrected chi connectivity index (χ4v) is 3.15. The van der Waals surface area contributed by atoms with Crippen molar-refractivity contribution >= 4 is 27.5 Å². The lowest BCUT2D eigenvalue weighted by molar-refractivity contribution is 0.0483. The molecule has 0 aliphatic rings. The van der Waals surface area contributed by atoms with Crippen LogP contribution in [0.2, 0.25) is 0 Å². The van der Waals surface area contributed by atoms with Crippen LogP contribution in [0.15, 0.2) is 28.6 Å². The lowest BCUT2D eigenvalue weighted by atomic mass is 10.1. The van der Waals surface area contributed by atoms with E-state index in [0.29, 0.717) is 16.1 Å². The number of rotatable bonds is 6. The SMILES string of the molecule is CC(C)Cc1cc(C(=O)OCCn2cnc3ccsc3c2=O)n[nH]1. The molecule has 0 radical (unpaired) electrons. The smallest absolute Gasteiger partial charge is 0.358 e. The van der Waals surface area contributed by atoms with Crippen LogP contribution in [-0.2, 0) is 17.7 Å². The molecule has 0 aliphatic heterocycles. The summed E-state index contributed by atoms with van der Waals surface area (Å²) >= 11 is 1.35. The monoisotopic (exact) mass is 346 g/mol. The lowest BCUT2D eigenvalue weighted by Crippen LogP contribution is -2.23. The van der Waals surface area contributed by atoms with Gasteiger partial charge in [-0.25, -0.2) is 9.78 Å². The molecule has 0 amide bonds. The number of fused-ring (bicyclic) bond motifs is 1. The van der Waals surface area contributed by atoms with E-state index in [1.165, 1.54) is 22.2 Å². The summed E-state index contributed by atoms with van der Waals surface area (Å²) in [4.78, 5) is 28.4. The fourth-order valence-electron chi connectivity index (χ4n) is 2.36. The van der Waals surface area contributed by atoms with Gasteiger partial charge in [-0.15, -0.1) is 11.3 Å². The van der Waals surface area contributed by atoms with Crippen molar-refractivity contribution in [2.24, 2.45) is 5.92 Å². The first-order valence-electron chi connectivity index (χ1n) is 7.68. The normalized spacial score (nSPS) is 11.3. The molecule has 24 heavy (non-hydrogen) atoms. The van der Waals surface area contributed by atoms with Crippen LogP contribution in [-0.4, -0.2) is 32.3 Å². The van der Waals surface area contributed by atoms with Crippen molar-refractivity contribution in [3.8, 4) is 0 Å². The number of esters is 1. The minimum atomic E-state index is -0.500. The number of nitrogens with zero attached hydrogens (tertiary/aromatic N) is 3. The highest BCUT2D eigenvalue weighted by Crippen LogP contribution is 2.13. The molecular formula is C16H18N4O3S. The van der Waals surface area contributed by atoms with Crippen LogP contribution < -0.4 is 5.56 Å². The Balaban J connectivity index is 1.59. The Morgan fingerprint density at radius 1 is 1.46 bits per heavy atom. The molecule has 0 atom stereocenters. The average Bonchev–Trinajstić information content (AvgIpc) is 3.18. The zero-order valence-electron chi connectivity index (χ0n) is 13.5. The molecular weight excluding hydrogens is 328 g/mol. The van der Waals surface area contributed by atoms with Gasteiger partial charge in [-0.1, -0.05) is 13.8 Å². The van der Waals surface area contributed by atoms with E-state index >= 15 is 0 Å². The Bertz CT molecular complexity index is 909. The summed E-state index contributed by atoms with van der Waals surface area (Å²) in [6.07, 6.45) is 2.29. The number of hydrogen-bond donors (Lipinski definition) is 1. The Morgan fingerprint density at radius 3 is 3.08 bits per heavy atom. The molecule has 8 heteroatoms. The van der Waals surface area contributed by atoms with Crippen LogP contribution in [0.25, 0.3) is 10.2 Å². The maximum atomic E-state index is 12.2. The first kappa shape index (κ1) is 16.4. The topological polar surface area (TPSA) is 89.9 Å². The molecule has 0 saturated heterocycles. The van der Waals surface area contributed by atoms with E-state index in [1.54, 1.807) is 12.1 Å². The van der Waals surface area contributed by atoms with E-state index in [0.717, 1.165) is 12.1 Å². The molecule has 3 rings (SSSR count). The van der Waals surface area contributed by atoms with Crippen molar-refractivity contribution in [1.29, 1.82) is 0 Å². The highest BCUT2D eigenvalue weighted by molar-refractivity contribution is 7.17. The maximum absolute atomic E-state index is 12.2. The van der Waals surface area contributed by atoms with Gasteiger partial charge in [-0.3, -0.25) is 14.5 Å². The molecule has 0 bridgehead atoms. The van der Waals surface area contributed by atoms with Gasteiger partial charge >= 0.3 is 5.97 Å². The summed E-state index contributed by atoms with van der Waals surface area (Å²) < 4.78 is 7.24. The first-order chi connectivity index (χ1) is 11.5. The second kappa shape index (κ2) is 6.96. The Hall–Kier alpha value is -2.48. The molecule has 3 aromatic rings. The molecule has 3 heterocycles. The highest BCUT2D eigenvalue weighted by Gasteiger charge is 2.13. The Labute approximate surface area is 142 Å². The van der Waals surface area contributed by atoms with E-state index in [-0.39, 0.29) is 24.4 Å². The summed E-state index contributed by atoms with van der Waals surface area (Å²) in [5.74, 6) is -0.0275. The molecule has 7 nitrogen and oxygen atoms in total. The quantitative estimate of drug-likeness (QED) is 0.691. The van der Waals surface area contributed by atoms with Gasteiger partial charge in [-0.2, -0.15) is 5.10 Å². The summed E-state index contributed by atoms with van der Waals surface area (Å²) in [6, 6.07) is 3.51. The third-order valence-corrected chi connectivity index (χ3v) is 4.36. The molecule has 0 spiro atoms. The van der Waals surface area contributed by atoms with Gasteiger partial charge in [0.15, 0.2) is 5.69 Å². The minimum absolute atomic E-state index is 0.0870. The highest BCUT2D eigenvalue weighted by atomic mass is 32.1. The number of hydrogen-bond acceptors (Lipinski definition) is 6. The Morgan fingerprint density at radius 2 is 2.29 bits per heavy atom. The fraction of sp³-hybridized carbons (Fsp3) is 0.375. The molecule has 0 aliphatic carbocycles. The van der Waals surface area contributed by atoms with Crippen LogP contribution in [0, 0.1) is 5.92 Å². The van der Waals surface area contributed by atoms with Crippen molar-refractivity contribution < 1.29 is 9.53 Å². The average molecular weight is 346 g/mol. The van der Waals surface area contributed by atoms with Crippen LogP contribution in [0.3, 0.4) is 0 Å². The number of ether oxygens (including phenoxy) is 1. The molecule has 1 N–H and O–H groups in total. The van der Waals surface area contributed by atoms with Gasteiger partial charge in [0.2, 0.25) is 0 Å². The first-order valence-corrected chi connectivity index (χ1v) is 8.56. The van der Waals surface area contributed by atoms with Crippen LogP contribution >= 0.6 is 11.3 Å². The number of carbonyl (C=O) groups excluding carboxylic acids is 1. The minimum Gasteiger partial charge on any atom is -0.459 e. The summed E-state index contributed by atoms with van der Waals surface area (Å²) in [5, 5.41) is 8.63. The molecule has 0 saturated carbocycles. The van der Waals surface area contributed by atoms with E-state index < -0.39 is 5.97 Å². The number of aromatic nitrogens is 4. The maximum Gasteiger partial charge on any atom is 0.358 e. The number of H-pyrrole nitrogens is 1. The van der Waals surface area contributed by atoms with E-state index in [9.17, 15) is 9.59 Å². The summed E-state index contributed by atoms with van der Waals surface area (Å²) in [6.45, 7) is 4.53. The van der Waals surface area contributed by atoms with Gasteiger partial charge in [0.1, 0.15) is 11.3 Å². The standard InChI is InChI=1S/C16H18N4O3S/c1-10(2)7-11-8-13(19-18-11)16(22)23-5-4-20-9-17-12-3-6-24-14(12)15(20)21/h3,6,8-10H,4-5,7H2,1-2H3,(H,18,19). The molecule has 0 fully saturated rings. The Kier molecular flexibility index (Phi) is 4.75. The van der Waals surface area contributed by atoms with Gasteiger partial charge in [-0.05, 0) is 29.9 Å². The zero-order valence-corrected chi connectivity index (χ0v) is 14.3. The van der Waals surface area contributed by atoms with Crippen molar-refractivity contribution in [2.45, 2.75) is 26.8 Å². The predicted octanol–water partition coefficient (Wildman–Crippen LogP) is 2.24. The second-order valence-corrected chi connectivity index (χ2v) is 6.81. The van der Waals surface area contributed by atoms with E-state index in [2.05, 4.69) is 29.0 Å². The second-order valence-electron chi connectivity index (χ2n) is 5.89. The van der Waals surface area contributed by atoms with Crippen molar-refractivity contribution in [2.75, 3.05) is 6.61 Å². The van der Waals surface area contributed by atoms with Crippen LogP contribution in [0.1, 0.15) is 30.0 Å². The van der Waals surface area contributed by atoms with Gasteiger partial charge in [0, 0.05) is 5.69 Å². The van der Waals surface area contributed by atoms with Crippen LogP contribution in [0.4, 0.5) is 0 Å². The predicted molar refractivity (Wildman–Crippen MR) is 91.3 cm³/mol. The van der Waals surface area contributed by atoms with E-state index in [4.69, 9.17) is 4.74 Å². The third-order valence-electron chi connectivity index (χ3n) is 3.47. The van der Waals surface area contributed by atoms with Gasteiger partial charge in [0.05, 0.1) is 18.4 Å². The number of nitrogens with one attached hydrogen (secondary N) is 1. The van der Waals surface area contributed by atoms with Crippen molar-refractivity contribution in [3.05, 3.63) is 45.6 Å². The largest absolute Gasteiger partial charge is 0.459 e. The van der Waals surface area contributed by atoms with Gasteiger partial charge < -0.3 is 4.74 Å². The number of aromatic amines is 1. The zero-order chi connectivity index (χ0) is 17.1. The number of thiophene rings is 1. The molecule has 0 unspecified atom stereocenters. The molecule has 0 aromatic carbocycles. The summed E-state index contributed by atoms with van der Waals surface area (Å²) in [5.41, 5.74) is 1.72. The number of carbonyl (C=O) groups is 1. The third kappa shape index (κ3) is 3.53. The lowest BCUT2D eigenvalue weighted by Gasteiger charge is -2.05. The summed E-state index contributed by atoms with van der Waals surface area (Å²) in [7, 11) is 0. The van der Waals surface area contributed by atoms with E-state index in [1.807, 2.05) is 5.38 Å². The van der Waals surface area contributed by atoms with Crippen molar-refractivity contribution in [3.63, 3.8) is 0 Å². The van der Waals surface area contributed by atoms with Crippen molar-refractivity contribution in [1.82, 2.24) is 19.7 Å². The van der Waals surface area contributed by atoms with Gasteiger partial charge in [0.25, 0.3) is 5.56 Å². The van der Waals surface area contributed by atoms with Crippen LogP contribution in [0.5, 0.6) is 0 Å².